The summed E-state index contributed by atoms with van der Waals surface area (Å²) in [5.41, 5.74) is 12.0. The van der Waals surface area contributed by atoms with Crippen LogP contribution in [0.1, 0.15) is 12.8 Å². The Bertz CT molecular complexity index is 404. The minimum Gasteiger partial charge on any atom is -0.381 e. The first-order valence-corrected chi connectivity index (χ1v) is 6.66. The van der Waals surface area contributed by atoms with Gasteiger partial charge in [0.15, 0.2) is 0 Å². The molecule has 1 fully saturated rings. The Balaban J connectivity index is 1.97. The van der Waals surface area contributed by atoms with Gasteiger partial charge in [-0.05, 0) is 25.0 Å². The third-order valence-corrected chi connectivity index (χ3v) is 3.89. The molecule has 0 radical (unpaired) electrons. The lowest BCUT2D eigenvalue weighted by atomic mass is 9.87. The largest absolute Gasteiger partial charge is 0.381 e. The fourth-order valence-corrected chi connectivity index (χ4v) is 2.62. The molecular weight excluding hydrogens is 234 g/mol. The van der Waals surface area contributed by atoms with Crippen LogP contribution in [0.2, 0.25) is 0 Å². The minimum atomic E-state index is -0.296. The van der Waals surface area contributed by atoms with Gasteiger partial charge in [-0.1, -0.05) is 12.1 Å². The smallest absolute Gasteiger partial charge is 0.227 e. The van der Waals surface area contributed by atoms with Gasteiger partial charge in [-0.25, -0.2) is 0 Å². The fraction of sp³-hybridized carbons (Fsp3) is 0.417. The Morgan fingerprint density at radius 1 is 1.41 bits per heavy atom. The Kier molecular flexibility index (Phi) is 3.91. The van der Waals surface area contributed by atoms with E-state index in [9.17, 15) is 4.79 Å². The lowest BCUT2D eigenvalue weighted by Gasteiger charge is -2.34. The molecule has 5 heteroatoms. The Labute approximate surface area is 105 Å². The zero-order valence-corrected chi connectivity index (χ0v) is 10.4. The van der Waals surface area contributed by atoms with Gasteiger partial charge in [0.05, 0.1) is 5.75 Å². The van der Waals surface area contributed by atoms with E-state index in [1.807, 2.05) is 24.3 Å². The second-order valence-electron chi connectivity index (χ2n) is 4.32. The van der Waals surface area contributed by atoms with E-state index in [1.165, 1.54) is 11.8 Å². The van der Waals surface area contributed by atoms with Crippen molar-refractivity contribution in [1.82, 2.24) is 0 Å². The summed E-state index contributed by atoms with van der Waals surface area (Å²) in [6.07, 6.45) is 2.02. The van der Waals surface area contributed by atoms with Crippen LogP contribution in [0.15, 0.2) is 29.2 Å². The van der Waals surface area contributed by atoms with Crippen molar-refractivity contribution < 1.29 is 4.79 Å². The Hall–Kier alpha value is -1.20. The van der Waals surface area contributed by atoms with E-state index in [2.05, 4.69) is 5.32 Å². The second kappa shape index (κ2) is 5.42. The fourth-order valence-electron chi connectivity index (χ4n) is 1.86. The van der Waals surface area contributed by atoms with Crippen LogP contribution in [0.3, 0.4) is 0 Å². The minimum absolute atomic E-state index is 0.296. The molecule has 1 amide bonds. The van der Waals surface area contributed by atoms with E-state index < -0.39 is 0 Å². The molecule has 0 unspecified atom stereocenters. The molecule has 0 saturated heterocycles. The van der Waals surface area contributed by atoms with Crippen molar-refractivity contribution in [1.29, 1.82) is 0 Å². The molecule has 0 aromatic heterocycles. The third kappa shape index (κ3) is 3.38. The number of rotatable bonds is 5. The standard InChI is InChI=1S/C12H17N3OS/c13-8-5-9(6-8)15-10-3-1-2-4-11(10)17-7-12(14)16/h1-4,8-9,15H,5-7,13H2,(H2,14,16). The lowest BCUT2D eigenvalue weighted by Crippen LogP contribution is -2.44. The molecule has 0 aliphatic heterocycles. The number of anilines is 1. The predicted octanol–water partition coefficient (Wildman–Crippen LogP) is 1.17. The van der Waals surface area contributed by atoms with Crippen molar-refractivity contribution in [2.75, 3.05) is 11.1 Å². The van der Waals surface area contributed by atoms with Crippen LogP contribution in [-0.2, 0) is 4.79 Å². The molecule has 4 nitrogen and oxygen atoms in total. The maximum Gasteiger partial charge on any atom is 0.227 e. The molecule has 0 bridgehead atoms. The first-order valence-electron chi connectivity index (χ1n) is 5.67. The van der Waals surface area contributed by atoms with Crippen molar-refractivity contribution in [3.05, 3.63) is 24.3 Å². The number of carbonyl (C=O) groups is 1. The summed E-state index contributed by atoms with van der Waals surface area (Å²) in [5.74, 6) is 0.0125. The number of hydrogen-bond donors (Lipinski definition) is 3. The molecule has 0 heterocycles. The van der Waals surface area contributed by atoms with Gasteiger partial charge in [0, 0.05) is 22.7 Å². The van der Waals surface area contributed by atoms with Gasteiger partial charge in [-0.15, -0.1) is 11.8 Å². The van der Waals surface area contributed by atoms with Gasteiger partial charge in [0.2, 0.25) is 5.91 Å². The summed E-state index contributed by atoms with van der Waals surface area (Å²) in [6.45, 7) is 0. The summed E-state index contributed by atoms with van der Waals surface area (Å²) in [5, 5.41) is 3.45. The number of primary amides is 1. The highest BCUT2D eigenvalue weighted by Crippen LogP contribution is 2.30. The number of carbonyl (C=O) groups excluding carboxylic acids is 1. The van der Waals surface area contributed by atoms with Crippen molar-refractivity contribution in [3.63, 3.8) is 0 Å². The maximum absolute atomic E-state index is 10.8. The number of benzene rings is 1. The summed E-state index contributed by atoms with van der Waals surface area (Å²) in [4.78, 5) is 11.8. The molecular formula is C12H17N3OS. The molecule has 0 spiro atoms. The molecule has 0 atom stereocenters. The maximum atomic E-state index is 10.8. The van der Waals surface area contributed by atoms with Crippen molar-refractivity contribution >= 4 is 23.4 Å². The van der Waals surface area contributed by atoms with Crippen LogP contribution < -0.4 is 16.8 Å². The monoisotopic (exact) mass is 251 g/mol. The van der Waals surface area contributed by atoms with Gasteiger partial charge < -0.3 is 16.8 Å². The van der Waals surface area contributed by atoms with Gasteiger partial charge >= 0.3 is 0 Å². The number of thioether (sulfide) groups is 1. The van der Waals surface area contributed by atoms with Gasteiger partial charge in [0.1, 0.15) is 0 Å². The molecule has 17 heavy (non-hydrogen) atoms. The van der Waals surface area contributed by atoms with Crippen molar-refractivity contribution in [2.24, 2.45) is 11.5 Å². The first kappa shape index (κ1) is 12.3. The van der Waals surface area contributed by atoms with E-state index in [0.29, 0.717) is 17.8 Å². The van der Waals surface area contributed by atoms with Crippen LogP contribution >= 0.6 is 11.8 Å². The molecule has 92 valence electrons. The Morgan fingerprint density at radius 2 is 2.12 bits per heavy atom. The quantitative estimate of drug-likeness (QED) is 0.686. The van der Waals surface area contributed by atoms with Crippen LogP contribution in [0.25, 0.3) is 0 Å². The van der Waals surface area contributed by atoms with Crippen LogP contribution in [0, 0.1) is 0 Å². The van der Waals surface area contributed by atoms with Gasteiger partial charge in [-0.2, -0.15) is 0 Å². The van der Waals surface area contributed by atoms with Crippen LogP contribution in [-0.4, -0.2) is 23.7 Å². The van der Waals surface area contributed by atoms with E-state index in [-0.39, 0.29) is 5.91 Å². The summed E-state index contributed by atoms with van der Waals surface area (Å²) in [7, 11) is 0. The van der Waals surface area contributed by atoms with Crippen molar-refractivity contribution in [2.45, 2.75) is 29.8 Å². The number of amides is 1. The van der Waals surface area contributed by atoms with E-state index in [4.69, 9.17) is 11.5 Å². The van der Waals surface area contributed by atoms with Crippen LogP contribution in [0.4, 0.5) is 5.69 Å². The highest BCUT2D eigenvalue weighted by atomic mass is 32.2. The van der Waals surface area contributed by atoms with E-state index in [0.717, 1.165) is 23.4 Å². The molecule has 1 aromatic carbocycles. The van der Waals surface area contributed by atoms with Gasteiger partial charge in [0.25, 0.3) is 0 Å². The Morgan fingerprint density at radius 3 is 2.76 bits per heavy atom. The zero-order chi connectivity index (χ0) is 12.3. The highest BCUT2D eigenvalue weighted by Gasteiger charge is 2.25. The SMILES string of the molecule is NC(=O)CSc1ccccc1NC1CC(N)C1. The summed E-state index contributed by atoms with van der Waals surface area (Å²) < 4.78 is 0. The van der Waals surface area contributed by atoms with E-state index >= 15 is 0 Å². The third-order valence-electron chi connectivity index (χ3n) is 2.79. The lowest BCUT2D eigenvalue weighted by molar-refractivity contribution is -0.115. The second-order valence-corrected chi connectivity index (χ2v) is 5.34. The molecule has 2 rings (SSSR count). The van der Waals surface area contributed by atoms with Gasteiger partial charge in [-0.3, -0.25) is 4.79 Å². The topological polar surface area (TPSA) is 81.1 Å². The molecule has 1 aliphatic rings. The number of nitrogens with one attached hydrogen (secondary N) is 1. The van der Waals surface area contributed by atoms with E-state index in [1.54, 1.807) is 0 Å². The van der Waals surface area contributed by atoms with Crippen molar-refractivity contribution in [3.8, 4) is 0 Å². The highest BCUT2D eigenvalue weighted by molar-refractivity contribution is 8.00. The first-order chi connectivity index (χ1) is 8.15. The number of hydrogen-bond acceptors (Lipinski definition) is 4. The predicted molar refractivity (Wildman–Crippen MR) is 71.0 cm³/mol. The molecule has 1 saturated carbocycles. The summed E-state index contributed by atoms with van der Waals surface area (Å²) in [6, 6.07) is 8.75. The number of nitrogens with two attached hydrogens (primary N) is 2. The average molecular weight is 251 g/mol. The molecule has 1 aromatic rings. The zero-order valence-electron chi connectivity index (χ0n) is 9.56. The number of para-hydroxylation sites is 1. The average Bonchev–Trinajstić information content (AvgIpc) is 2.25. The van der Waals surface area contributed by atoms with Crippen LogP contribution in [0.5, 0.6) is 0 Å². The normalized spacial score (nSPS) is 22.9. The summed E-state index contributed by atoms with van der Waals surface area (Å²) >= 11 is 1.46. The molecule has 5 N–H and O–H groups in total. The molecule has 1 aliphatic carbocycles.